The monoisotopic (exact) mass is 358 g/mol. The van der Waals surface area contributed by atoms with Gasteiger partial charge in [0.1, 0.15) is 11.4 Å². The summed E-state index contributed by atoms with van der Waals surface area (Å²) in [4.78, 5) is 24.4. The van der Waals surface area contributed by atoms with E-state index in [2.05, 4.69) is 10.6 Å². The number of amides is 2. The van der Waals surface area contributed by atoms with Gasteiger partial charge in [-0.3, -0.25) is 9.59 Å². The molecule has 0 radical (unpaired) electrons. The highest BCUT2D eigenvalue weighted by molar-refractivity contribution is 7.19. The Hall–Kier alpha value is -2.64. The maximum absolute atomic E-state index is 11.9. The Labute approximate surface area is 148 Å². The van der Waals surface area contributed by atoms with Crippen LogP contribution in [0.2, 0.25) is 0 Å². The van der Waals surface area contributed by atoms with Crippen molar-refractivity contribution in [2.24, 2.45) is 0 Å². The summed E-state index contributed by atoms with van der Waals surface area (Å²) in [5.74, 6) is -1.02. The minimum atomic E-state index is -1.26. The van der Waals surface area contributed by atoms with Crippen LogP contribution in [0.4, 0.5) is 0 Å². The number of hydrogen-bond donors (Lipinski definition) is 3. The molecule has 7 heteroatoms. The summed E-state index contributed by atoms with van der Waals surface area (Å²) in [5.41, 5.74) is -1.26. The lowest BCUT2D eigenvalue weighted by Crippen LogP contribution is -2.45. The van der Waals surface area contributed by atoms with Crippen molar-refractivity contribution in [2.75, 3.05) is 6.54 Å². The van der Waals surface area contributed by atoms with Gasteiger partial charge in [0.05, 0.1) is 19.4 Å². The molecule has 0 unspecified atom stereocenters. The second kappa shape index (κ2) is 7.08. The quantitative estimate of drug-likeness (QED) is 0.609. The number of hydrogen-bond acceptors (Lipinski definition) is 5. The van der Waals surface area contributed by atoms with Crippen LogP contribution in [0.1, 0.15) is 17.6 Å². The van der Waals surface area contributed by atoms with Crippen LogP contribution in [-0.4, -0.2) is 23.5 Å². The maximum Gasteiger partial charge on any atom is 0.309 e. The number of rotatable bonds is 5. The van der Waals surface area contributed by atoms with E-state index in [1.54, 1.807) is 19.1 Å². The summed E-state index contributed by atoms with van der Waals surface area (Å²) < 4.78 is 6.14. The van der Waals surface area contributed by atoms with E-state index in [-0.39, 0.29) is 13.1 Å². The fourth-order valence-corrected chi connectivity index (χ4v) is 3.43. The summed E-state index contributed by atoms with van der Waals surface area (Å²) in [7, 11) is 0. The average Bonchev–Trinajstić information content (AvgIpc) is 3.26. The SMILES string of the molecule is C[C@](O)(CNC(=O)C(=O)NCc1ccco1)c1cc2ccccc2s1. The highest BCUT2D eigenvalue weighted by atomic mass is 32.1. The summed E-state index contributed by atoms with van der Waals surface area (Å²) in [6, 6.07) is 13.1. The lowest BCUT2D eigenvalue weighted by Gasteiger charge is -2.22. The second-order valence-corrected chi connectivity index (χ2v) is 6.95. The summed E-state index contributed by atoms with van der Waals surface area (Å²) in [5, 5.41) is 16.6. The molecule has 0 fully saturated rings. The van der Waals surface area contributed by atoms with Crippen molar-refractivity contribution in [2.45, 2.75) is 19.1 Å². The highest BCUT2D eigenvalue weighted by Gasteiger charge is 2.27. The van der Waals surface area contributed by atoms with E-state index in [1.165, 1.54) is 17.6 Å². The van der Waals surface area contributed by atoms with Gasteiger partial charge in [0.25, 0.3) is 0 Å². The molecule has 130 valence electrons. The van der Waals surface area contributed by atoms with E-state index in [1.807, 2.05) is 30.3 Å². The standard InChI is InChI=1S/C18H18N2O4S/c1-18(23,15-9-12-5-2-3-7-14(12)25-15)11-20-17(22)16(21)19-10-13-6-4-8-24-13/h2-9,23H,10-11H2,1H3,(H,19,21)(H,20,22)/t18-/m0/s1. The summed E-state index contributed by atoms with van der Waals surface area (Å²) in [6.07, 6.45) is 1.49. The number of furan rings is 1. The first-order valence-corrected chi connectivity index (χ1v) is 8.57. The van der Waals surface area contributed by atoms with Crippen molar-refractivity contribution in [1.29, 1.82) is 0 Å². The summed E-state index contributed by atoms with van der Waals surface area (Å²) in [6.45, 7) is 1.68. The number of carbonyl (C=O) groups excluding carboxylic acids is 2. The molecule has 6 nitrogen and oxygen atoms in total. The van der Waals surface area contributed by atoms with Gasteiger partial charge in [-0.1, -0.05) is 18.2 Å². The predicted octanol–water partition coefficient (Wildman–Crippen LogP) is 2.13. The van der Waals surface area contributed by atoms with Crippen molar-refractivity contribution in [3.8, 4) is 0 Å². The Balaban J connectivity index is 1.57. The van der Waals surface area contributed by atoms with E-state index in [9.17, 15) is 14.7 Å². The van der Waals surface area contributed by atoms with Crippen LogP contribution in [0.3, 0.4) is 0 Å². The fourth-order valence-electron chi connectivity index (χ4n) is 2.33. The van der Waals surface area contributed by atoms with Gasteiger partial charge in [0.2, 0.25) is 0 Å². The van der Waals surface area contributed by atoms with Gasteiger partial charge in [-0.2, -0.15) is 0 Å². The molecular weight excluding hydrogens is 340 g/mol. The molecule has 3 aromatic rings. The molecule has 0 aliphatic carbocycles. The molecule has 0 spiro atoms. The van der Waals surface area contributed by atoms with Gasteiger partial charge in [-0.25, -0.2) is 0 Å². The van der Waals surface area contributed by atoms with Crippen molar-refractivity contribution in [3.05, 3.63) is 59.4 Å². The van der Waals surface area contributed by atoms with Crippen LogP contribution in [-0.2, 0) is 21.7 Å². The van der Waals surface area contributed by atoms with Crippen LogP contribution in [0.25, 0.3) is 10.1 Å². The average molecular weight is 358 g/mol. The maximum atomic E-state index is 11.9. The number of benzene rings is 1. The van der Waals surface area contributed by atoms with Crippen molar-refractivity contribution >= 4 is 33.2 Å². The normalized spacial score (nSPS) is 13.4. The lowest BCUT2D eigenvalue weighted by molar-refractivity contribution is -0.139. The molecule has 0 saturated heterocycles. The molecule has 0 bridgehead atoms. The zero-order valence-electron chi connectivity index (χ0n) is 13.6. The fraction of sp³-hybridized carbons (Fsp3) is 0.222. The molecule has 2 aromatic heterocycles. The zero-order valence-corrected chi connectivity index (χ0v) is 14.4. The first-order valence-electron chi connectivity index (χ1n) is 7.75. The second-order valence-electron chi connectivity index (χ2n) is 5.87. The third kappa shape index (κ3) is 4.07. The molecule has 0 saturated carbocycles. The molecular formula is C18H18N2O4S. The molecule has 1 atom stereocenters. The van der Waals surface area contributed by atoms with Crippen LogP contribution in [0.5, 0.6) is 0 Å². The number of aliphatic hydroxyl groups is 1. The van der Waals surface area contributed by atoms with Gasteiger partial charge in [-0.05, 0) is 36.6 Å². The third-order valence-electron chi connectivity index (χ3n) is 3.76. The smallest absolute Gasteiger partial charge is 0.309 e. The number of carbonyl (C=O) groups is 2. The topological polar surface area (TPSA) is 91.6 Å². The molecule has 2 heterocycles. The Bertz CT molecular complexity index is 851. The molecule has 0 aliphatic rings. The van der Waals surface area contributed by atoms with Crippen LogP contribution in [0, 0.1) is 0 Å². The minimum Gasteiger partial charge on any atom is -0.467 e. The first-order chi connectivity index (χ1) is 12.0. The Morgan fingerprint density at radius 3 is 2.64 bits per heavy atom. The minimum absolute atomic E-state index is 0.0627. The molecule has 25 heavy (non-hydrogen) atoms. The molecule has 3 N–H and O–H groups in total. The van der Waals surface area contributed by atoms with E-state index < -0.39 is 17.4 Å². The van der Waals surface area contributed by atoms with Gasteiger partial charge >= 0.3 is 11.8 Å². The van der Waals surface area contributed by atoms with Crippen molar-refractivity contribution < 1.29 is 19.1 Å². The predicted molar refractivity (Wildman–Crippen MR) is 95.0 cm³/mol. The molecule has 3 rings (SSSR count). The number of fused-ring (bicyclic) bond motifs is 1. The van der Waals surface area contributed by atoms with Crippen LogP contribution >= 0.6 is 11.3 Å². The molecule has 2 amide bonds. The molecule has 1 aromatic carbocycles. The van der Waals surface area contributed by atoms with Crippen LogP contribution in [0.15, 0.2) is 53.1 Å². The summed E-state index contributed by atoms with van der Waals surface area (Å²) >= 11 is 1.46. The lowest BCUT2D eigenvalue weighted by atomic mass is 10.0. The third-order valence-corrected chi connectivity index (χ3v) is 5.13. The zero-order chi connectivity index (χ0) is 17.9. The Kier molecular flexibility index (Phi) is 4.87. The number of thiophene rings is 1. The van der Waals surface area contributed by atoms with Crippen molar-refractivity contribution in [1.82, 2.24) is 10.6 Å². The first kappa shape index (κ1) is 17.2. The van der Waals surface area contributed by atoms with Gasteiger partial charge in [0.15, 0.2) is 0 Å². The van der Waals surface area contributed by atoms with E-state index in [0.29, 0.717) is 5.76 Å². The van der Waals surface area contributed by atoms with E-state index in [0.717, 1.165) is 15.0 Å². The Morgan fingerprint density at radius 1 is 1.16 bits per heavy atom. The highest BCUT2D eigenvalue weighted by Crippen LogP contribution is 2.32. The van der Waals surface area contributed by atoms with Crippen LogP contribution < -0.4 is 10.6 Å². The Morgan fingerprint density at radius 2 is 1.92 bits per heavy atom. The van der Waals surface area contributed by atoms with Gasteiger partial charge < -0.3 is 20.2 Å². The van der Waals surface area contributed by atoms with Gasteiger partial charge in [-0.15, -0.1) is 11.3 Å². The number of nitrogens with one attached hydrogen (secondary N) is 2. The van der Waals surface area contributed by atoms with Crippen molar-refractivity contribution in [3.63, 3.8) is 0 Å². The van der Waals surface area contributed by atoms with Gasteiger partial charge in [0, 0.05) is 9.58 Å². The largest absolute Gasteiger partial charge is 0.467 e. The van der Waals surface area contributed by atoms with E-state index >= 15 is 0 Å². The molecule has 0 aliphatic heterocycles. The van der Waals surface area contributed by atoms with E-state index in [4.69, 9.17) is 4.42 Å².